The molecule has 8 nitrogen and oxygen atoms in total. The van der Waals surface area contributed by atoms with Crippen molar-refractivity contribution in [3.63, 3.8) is 0 Å². The van der Waals surface area contributed by atoms with E-state index in [1.54, 1.807) is 0 Å². The fourth-order valence-electron chi connectivity index (χ4n) is 3.81. The average molecular weight is 500 g/mol. The summed E-state index contributed by atoms with van der Waals surface area (Å²) in [6.07, 6.45) is -1.24. The van der Waals surface area contributed by atoms with Crippen molar-refractivity contribution in [1.82, 2.24) is 15.3 Å². The number of hydrogen-bond acceptors (Lipinski definition) is 7. The van der Waals surface area contributed by atoms with Crippen molar-refractivity contribution >= 4 is 33.2 Å². The number of nitrogens with one attached hydrogen (secondary N) is 3. The molecule has 186 valence electrons. The number of amides is 1. The zero-order valence-electron chi connectivity index (χ0n) is 19.1. The van der Waals surface area contributed by atoms with Gasteiger partial charge in [-0.05, 0) is 51.7 Å². The molecule has 3 N–H and O–H groups in total. The van der Waals surface area contributed by atoms with E-state index in [4.69, 9.17) is 0 Å². The molecular formula is C22H28F3N5O3S. The van der Waals surface area contributed by atoms with Gasteiger partial charge in [-0.15, -0.1) is 0 Å². The van der Waals surface area contributed by atoms with Crippen LogP contribution in [0.4, 0.5) is 30.6 Å². The van der Waals surface area contributed by atoms with Crippen molar-refractivity contribution in [2.75, 3.05) is 10.6 Å². The number of carbonyl (C=O) groups is 1. The van der Waals surface area contributed by atoms with Gasteiger partial charge in [-0.25, -0.2) is 13.4 Å². The van der Waals surface area contributed by atoms with Crippen LogP contribution in [0.25, 0.3) is 0 Å². The van der Waals surface area contributed by atoms with Crippen LogP contribution < -0.4 is 16.0 Å². The van der Waals surface area contributed by atoms with Crippen molar-refractivity contribution in [1.29, 1.82) is 0 Å². The van der Waals surface area contributed by atoms with Gasteiger partial charge in [-0.1, -0.05) is 12.1 Å². The number of nitrogens with zero attached hydrogens (tertiary/aromatic N) is 2. The highest BCUT2D eigenvalue weighted by Crippen LogP contribution is 2.37. The van der Waals surface area contributed by atoms with Crippen LogP contribution in [0.2, 0.25) is 0 Å². The van der Waals surface area contributed by atoms with E-state index in [1.165, 1.54) is 45.0 Å². The number of alkyl halides is 3. The van der Waals surface area contributed by atoms with Gasteiger partial charge in [-0.2, -0.15) is 18.2 Å². The topological polar surface area (TPSA) is 113 Å². The Hall–Kier alpha value is -2.89. The summed E-state index contributed by atoms with van der Waals surface area (Å²) in [5.41, 5.74) is -1.11. The molecule has 0 saturated heterocycles. The Kier molecular flexibility index (Phi) is 7.69. The first kappa shape index (κ1) is 25.7. The molecule has 3 rings (SSSR count). The van der Waals surface area contributed by atoms with Gasteiger partial charge in [0.15, 0.2) is 9.84 Å². The Morgan fingerprint density at radius 1 is 1.09 bits per heavy atom. The van der Waals surface area contributed by atoms with Crippen molar-refractivity contribution in [2.45, 2.75) is 74.9 Å². The summed E-state index contributed by atoms with van der Waals surface area (Å²) < 4.78 is 66.4. The maximum atomic E-state index is 13.7. The van der Waals surface area contributed by atoms with E-state index in [0.29, 0.717) is 19.0 Å². The zero-order valence-corrected chi connectivity index (χ0v) is 19.9. The quantitative estimate of drug-likeness (QED) is 0.521. The fourth-order valence-corrected chi connectivity index (χ4v) is 5.01. The maximum Gasteiger partial charge on any atom is 0.421 e. The highest BCUT2D eigenvalue weighted by Gasteiger charge is 2.36. The third-order valence-corrected chi connectivity index (χ3v) is 7.84. The second-order valence-corrected chi connectivity index (χ2v) is 11.0. The average Bonchev–Trinajstić information content (AvgIpc) is 2.74. The molecular weight excluding hydrogens is 471 g/mol. The Bertz CT molecular complexity index is 1130. The molecule has 0 unspecified atom stereocenters. The molecule has 1 aromatic carbocycles. The molecule has 1 heterocycles. The Labute approximate surface area is 196 Å². The van der Waals surface area contributed by atoms with Crippen molar-refractivity contribution < 1.29 is 26.4 Å². The van der Waals surface area contributed by atoms with Gasteiger partial charge in [-0.3, -0.25) is 4.79 Å². The molecule has 1 aromatic heterocycles. The zero-order chi connectivity index (χ0) is 25.1. The van der Waals surface area contributed by atoms with Crippen LogP contribution >= 0.6 is 0 Å². The molecule has 0 aliphatic heterocycles. The van der Waals surface area contributed by atoms with E-state index in [9.17, 15) is 26.4 Å². The van der Waals surface area contributed by atoms with Crippen LogP contribution in [0, 0.1) is 0 Å². The minimum atomic E-state index is -4.75. The molecule has 1 fully saturated rings. The van der Waals surface area contributed by atoms with Crippen molar-refractivity contribution in [3.05, 3.63) is 36.0 Å². The normalized spacial score (nSPS) is 19.0. The highest BCUT2D eigenvalue weighted by molar-refractivity contribution is 7.92. The molecule has 0 radical (unpaired) electrons. The second kappa shape index (κ2) is 10.2. The van der Waals surface area contributed by atoms with E-state index in [-0.39, 0.29) is 34.5 Å². The molecule has 2 aromatic rings. The summed E-state index contributed by atoms with van der Waals surface area (Å²) >= 11 is 0. The van der Waals surface area contributed by atoms with E-state index in [2.05, 4.69) is 25.9 Å². The Morgan fingerprint density at radius 2 is 1.71 bits per heavy atom. The van der Waals surface area contributed by atoms with E-state index < -0.39 is 32.6 Å². The number of rotatable bonds is 7. The van der Waals surface area contributed by atoms with Crippen LogP contribution in [-0.4, -0.2) is 41.6 Å². The van der Waals surface area contributed by atoms with Gasteiger partial charge in [0.25, 0.3) is 0 Å². The number of carbonyl (C=O) groups excluding carboxylic acids is 1. The van der Waals surface area contributed by atoms with E-state index in [0.717, 1.165) is 12.8 Å². The van der Waals surface area contributed by atoms with Gasteiger partial charge >= 0.3 is 6.18 Å². The summed E-state index contributed by atoms with van der Waals surface area (Å²) in [5, 5.41) is 7.75. The standard InChI is InChI=1S/C22H28F3N5O3S/c1-13(2)34(32,33)19-7-5-4-6-18(19)29-20-17(22(23,24)25)12-26-21(30-20)28-16-10-8-15(9-11-16)27-14(3)31/h4-7,12-13,15-16H,8-11H2,1-3H3,(H,27,31)(H2,26,28,29,30). The molecule has 1 aliphatic carbocycles. The molecule has 0 atom stereocenters. The van der Waals surface area contributed by atoms with Gasteiger partial charge in [0.05, 0.1) is 15.8 Å². The molecule has 12 heteroatoms. The second-order valence-electron chi connectivity index (χ2n) is 8.56. The number of anilines is 3. The lowest BCUT2D eigenvalue weighted by atomic mass is 9.91. The lowest BCUT2D eigenvalue weighted by Crippen LogP contribution is -2.39. The number of para-hydroxylation sites is 1. The van der Waals surface area contributed by atoms with Crippen LogP contribution in [0.1, 0.15) is 52.0 Å². The maximum absolute atomic E-state index is 13.7. The summed E-state index contributed by atoms with van der Waals surface area (Å²) in [6.45, 7) is 4.46. The number of halogens is 3. The summed E-state index contributed by atoms with van der Waals surface area (Å²) in [5.74, 6) is -0.635. The highest BCUT2D eigenvalue weighted by atomic mass is 32.2. The third-order valence-electron chi connectivity index (χ3n) is 5.63. The monoisotopic (exact) mass is 499 g/mol. The molecule has 0 spiro atoms. The molecule has 1 amide bonds. The van der Waals surface area contributed by atoms with Gasteiger partial charge < -0.3 is 16.0 Å². The van der Waals surface area contributed by atoms with Crippen LogP contribution in [0.3, 0.4) is 0 Å². The van der Waals surface area contributed by atoms with Crippen molar-refractivity contribution in [2.24, 2.45) is 0 Å². The Morgan fingerprint density at radius 3 is 2.29 bits per heavy atom. The molecule has 1 saturated carbocycles. The minimum Gasteiger partial charge on any atom is -0.354 e. The van der Waals surface area contributed by atoms with Gasteiger partial charge in [0, 0.05) is 25.2 Å². The largest absolute Gasteiger partial charge is 0.421 e. The van der Waals surface area contributed by atoms with Crippen LogP contribution in [0.5, 0.6) is 0 Å². The predicted molar refractivity (Wildman–Crippen MR) is 123 cm³/mol. The van der Waals surface area contributed by atoms with Crippen molar-refractivity contribution in [3.8, 4) is 0 Å². The molecule has 1 aliphatic rings. The first-order valence-electron chi connectivity index (χ1n) is 11.0. The Balaban J connectivity index is 1.87. The molecule has 34 heavy (non-hydrogen) atoms. The lowest BCUT2D eigenvalue weighted by Gasteiger charge is -2.29. The predicted octanol–water partition coefficient (Wildman–Crippen LogP) is 4.28. The summed E-state index contributed by atoms with van der Waals surface area (Å²) in [4.78, 5) is 19.0. The fraction of sp³-hybridized carbons (Fsp3) is 0.500. The van der Waals surface area contributed by atoms with Crippen LogP contribution in [0.15, 0.2) is 35.4 Å². The first-order valence-corrected chi connectivity index (χ1v) is 12.5. The molecule has 0 bridgehead atoms. The lowest BCUT2D eigenvalue weighted by molar-refractivity contribution is -0.137. The third kappa shape index (κ3) is 6.16. The number of benzene rings is 1. The number of aromatic nitrogens is 2. The SMILES string of the molecule is CC(=O)NC1CCC(Nc2ncc(C(F)(F)F)c(Nc3ccccc3S(=O)(=O)C(C)C)n2)CC1. The van der Waals surface area contributed by atoms with E-state index >= 15 is 0 Å². The minimum absolute atomic E-state index is 0.00200. The number of sulfone groups is 1. The summed E-state index contributed by atoms with van der Waals surface area (Å²) in [7, 11) is -3.76. The van der Waals surface area contributed by atoms with Gasteiger partial charge in [0.1, 0.15) is 11.4 Å². The van der Waals surface area contributed by atoms with E-state index in [1.807, 2.05) is 0 Å². The van der Waals surface area contributed by atoms with Crippen LogP contribution in [-0.2, 0) is 20.8 Å². The van der Waals surface area contributed by atoms with Gasteiger partial charge in [0.2, 0.25) is 11.9 Å². The summed E-state index contributed by atoms with van der Waals surface area (Å²) in [6, 6.07) is 5.79. The first-order chi connectivity index (χ1) is 15.9. The smallest absolute Gasteiger partial charge is 0.354 e. The number of hydrogen-bond donors (Lipinski definition) is 3.